The summed E-state index contributed by atoms with van der Waals surface area (Å²) in [6, 6.07) is -0.465. The number of carbonyl (C=O) groups is 2. The average Bonchev–Trinajstić information content (AvgIpc) is 2.28. The molecule has 21 heavy (non-hydrogen) atoms. The van der Waals surface area contributed by atoms with Crippen molar-refractivity contribution in [1.82, 2.24) is 10.2 Å². The van der Waals surface area contributed by atoms with Crippen molar-refractivity contribution in [1.29, 1.82) is 0 Å². The van der Waals surface area contributed by atoms with Crippen molar-refractivity contribution in [2.75, 3.05) is 19.7 Å². The van der Waals surface area contributed by atoms with Crippen molar-refractivity contribution in [3.05, 3.63) is 11.6 Å². The summed E-state index contributed by atoms with van der Waals surface area (Å²) in [6.07, 6.45) is 0.0739. The molecule has 0 aromatic carbocycles. The number of nitrogens with one attached hydrogen (secondary N) is 1. The van der Waals surface area contributed by atoms with E-state index in [0.717, 1.165) is 0 Å². The van der Waals surface area contributed by atoms with Crippen molar-refractivity contribution in [3.63, 3.8) is 0 Å². The van der Waals surface area contributed by atoms with Gasteiger partial charge in [-0.05, 0) is 34.6 Å². The molecule has 0 aliphatic rings. The molecule has 0 aromatic heterocycles. The van der Waals surface area contributed by atoms with Gasteiger partial charge in [0.1, 0.15) is 12.1 Å². The molecular weight excluding hydrogens is 292 g/mol. The summed E-state index contributed by atoms with van der Waals surface area (Å²) in [7, 11) is 0. The van der Waals surface area contributed by atoms with Gasteiger partial charge >= 0.3 is 12.0 Å². The van der Waals surface area contributed by atoms with Gasteiger partial charge in [0.15, 0.2) is 0 Å². The van der Waals surface area contributed by atoms with E-state index in [1.54, 1.807) is 20.8 Å². The third-order valence-corrected chi connectivity index (χ3v) is 2.37. The van der Waals surface area contributed by atoms with Crippen LogP contribution < -0.4 is 5.32 Å². The normalized spacial score (nSPS) is 11.2. The Morgan fingerprint density at radius 2 is 1.90 bits per heavy atom. The molecule has 0 aliphatic heterocycles. The Hall–Kier alpha value is -1.21. The Bertz CT molecular complexity index is 378. The molecule has 0 spiro atoms. The summed E-state index contributed by atoms with van der Waals surface area (Å²) in [5, 5.41) is 2.75. The number of urea groups is 1. The second kappa shape index (κ2) is 8.94. The number of carbonyl (C=O) groups excluding carboxylic acids is 2. The third-order valence-electron chi connectivity index (χ3n) is 2.13. The van der Waals surface area contributed by atoms with Crippen LogP contribution in [0.2, 0.25) is 0 Å². The number of thiol groups is 1. The highest BCUT2D eigenvalue weighted by atomic mass is 32.1. The zero-order chi connectivity index (χ0) is 16.6. The Labute approximate surface area is 132 Å². The Morgan fingerprint density at radius 3 is 2.33 bits per heavy atom. The van der Waals surface area contributed by atoms with Gasteiger partial charge in [0.05, 0.1) is 24.3 Å². The Kier molecular flexibility index (Phi) is 8.43. The van der Waals surface area contributed by atoms with Gasteiger partial charge < -0.3 is 14.8 Å². The van der Waals surface area contributed by atoms with Crippen LogP contribution in [-0.2, 0) is 14.3 Å². The molecule has 0 aliphatic carbocycles. The van der Waals surface area contributed by atoms with Gasteiger partial charge in [-0.25, -0.2) is 4.79 Å². The summed E-state index contributed by atoms with van der Waals surface area (Å²) >= 11 is 4.07. The average molecular weight is 318 g/mol. The van der Waals surface area contributed by atoms with Crippen molar-refractivity contribution < 1.29 is 19.1 Å². The summed E-state index contributed by atoms with van der Waals surface area (Å²) in [5.41, 5.74) is -0.584. The van der Waals surface area contributed by atoms with E-state index in [9.17, 15) is 9.59 Å². The molecule has 1 N–H and O–H groups in total. The van der Waals surface area contributed by atoms with Crippen molar-refractivity contribution >= 4 is 24.6 Å². The van der Waals surface area contributed by atoms with Crippen LogP contribution >= 0.6 is 12.6 Å². The molecule has 2 amide bonds. The number of amides is 2. The predicted octanol–water partition coefficient (Wildman–Crippen LogP) is 2.17. The molecule has 0 saturated heterocycles. The highest BCUT2D eigenvalue weighted by Gasteiger charge is 2.19. The molecule has 122 valence electrons. The van der Waals surface area contributed by atoms with Crippen LogP contribution in [0.25, 0.3) is 0 Å². The van der Waals surface area contributed by atoms with Gasteiger partial charge in [0.25, 0.3) is 0 Å². The minimum absolute atomic E-state index is 0.0739. The molecule has 0 radical (unpaired) electrons. The van der Waals surface area contributed by atoms with E-state index in [1.165, 1.54) is 4.90 Å². The van der Waals surface area contributed by atoms with Crippen molar-refractivity contribution in [2.24, 2.45) is 0 Å². The topological polar surface area (TPSA) is 67.9 Å². The summed E-state index contributed by atoms with van der Waals surface area (Å²) in [6.45, 7) is 13.2. The van der Waals surface area contributed by atoms with Gasteiger partial charge in [0, 0.05) is 0 Å². The Balaban J connectivity index is 4.30. The minimum atomic E-state index is -0.584. The van der Waals surface area contributed by atoms with Crippen LogP contribution in [0, 0.1) is 0 Å². The molecule has 0 fully saturated rings. The van der Waals surface area contributed by atoms with Crippen LogP contribution in [0.5, 0.6) is 0 Å². The first-order valence-corrected chi connectivity index (χ1v) is 7.24. The lowest BCUT2D eigenvalue weighted by Crippen LogP contribution is -2.43. The van der Waals surface area contributed by atoms with Crippen LogP contribution in [0.4, 0.5) is 4.79 Å². The minimum Gasteiger partial charge on any atom is -0.459 e. The maximum absolute atomic E-state index is 12.0. The second-order valence-corrected chi connectivity index (χ2v) is 6.25. The monoisotopic (exact) mass is 318 g/mol. The third kappa shape index (κ3) is 10.2. The van der Waals surface area contributed by atoms with Gasteiger partial charge in [-0.1, -0.05) is 6.58 Å². The molecular formula is C14H26N2O4S. The maximum atomic E-state index is 12.0. The summed E-state index contributed by atoms with van der Waals surface area (Å²) in [4.78, 5) is 24.8. The van der Waals surface area contributed by atoms with E-state index < -0.39 is 17.6 Å². The number of esters is 1. The van der Waals surface area contributed by atoms with E-state index in [0.29, 0.717) is 13.2 Å². The first kappa shape index (κ1) is 19.8. The highest BCUT2D eigenvalue weighted by molar-refractivity contribution is 7.84. The zero-order valence-corrected chi connectivity index (χ0v) is 14.3. The molecule has 0 aromatic rings. The fourth-order valence-corrected chi connectivity index (χ4v) is 1.54. The van der Waals surface area contributed by atoms with E-state index in [1.807, 2.05) is 13.8 Å². The van der Waals surface area contributed by atoms with E-state index in [-0.39, 0.29) is 17.7 Å². The molecule has 0 bridgehead atoms. The molecule has 0 saturated carbocycles. The molecule has 6 nitrogen and oxygen atoms in total. The SMILES string of the molecule is C=C(S)N(CCOC(C)C)C(=O)NCC(=O)OC(C)(C)C. The van der Waals surface area contributed by atoms with Gasteiger partial charge in [-0.15, -0.1) is 12.6 Å². The standard InChI is InChI=1S/C14H26N2O4S/c1-10(2)19-8-7-16(11(3)21)13(18)15-9-12(17)20-14(4,5)6/h10,21H,3,7-9H2,1-2,4-6H3,(H,15,18). The fourth-order valence-electron chi connectivity index (χ4n) is 1.35. The number of ether oxygens (including phenoxy) is 2. The Morgan fingerprint density at radius 1 is 1.33 bits per heavy atom. The predicted molar refractivity (Wildman–Crippen MR) is 85.2 cm³/mol. The van der Waals surface area contributed by atoms with E-state index in [4.69, 9.17) is 9.47 Å². The van der Waals surface area contributed by atoms with Crippen LogP contribution in [0.15, 0.2) is 11.6 Å². The first-order chi connectivity index (χ1) is 9.53. The number of hydrogen-bond donors (Lipinski definition) is 2. The summed E-state index contributed by atoms with van der Waals surface area (Å²) in [5.74, 6) is -0.501. The van der Waals surface area contributed by atoms with Crippen molar-refractivity contribution in [3.8, 4) is 0 Å². The fraction of sp³-hybridized carbons (Fsp3) is 0.714. The molecule has 0 heterocycles. The first-order valence-electron chi connectivity index (χ1n) is 6.79. The van der Waals surface area contributed by atoms with Gasteiger partial charge in [0.2, 0.25) is 0 Å². The lowest BCUT2D eigenvalue weighted by molar-refractivity contribution is -0.153. The van der Waals surface area contributed by atoms with Crippen LogP contribution in [-0.4, -0.2) is 48.3 Å². The van der Waals surface area contributed by atoms with Crippen LogP contribution in [0.3, 0.4) is 0 Å². The number of hydrogen-bond acceptors (Lipinski definition) is 5. The maximum Gasteiger partial charge on any atom is 0.325 e. The molecule has 7 heteroatoms. The lowest BCUT2D eigenvalue weighted by atomic mass is 10.2. The molecule has 0 rings (SSSR count). The van der Waals surface area contributed by atoms with E-state index in [2.05, 4.69) is 24.5 Å². The lowest BCUT2D eigenvalue weighted by Gasteiger charge is -2.23. The number of nitrogens with zero attached hydrogens (tertiary/aromatic N) is 1. The number of rotatable bonds is 7. The highest BCUT2D eigenvalue weighted by Crippen LogP contribution is 2.08. The quantitative estimate of drug-likeness (QED) is 0.557. The summed E-state index contributed by atoms with van der Waals surface area (Å²) < 4.78 is 10.5. The van der Waals surface area contributed by atoms with E-state index >= 15 is 0 Å². The zero-order valence-electron chi connectivity index (χ0n) is 13.4. The largest absolute Gasteiger partial charge is 0.459 e. The smallest absolute Gasteiger partial charge is 0.325 e. The van der Waals surface area contributed by atoms with Gasteiger partial charge in [-0.2, -0.15) is 0 Å². The second-order valence-electron chi connectivity index (χ2n) is 5.73. The molecule has 0 atom stereocenters. The molecule has 0 unspecified atom stereocenters. The van der Waals surface area contributed by atoms with Gasteiger partial charge in [-0.3, -0.25) is 9.69 Å². The van der Waals surface area contributed by atoms with Crippen molar-refractivity contribution in [2.45, 2.75) is 46.3 Å². The van der Waals surface area contributed by atoms with Crippen LogP contribution in [0.1, 0.15) is 34.6 Å².